The maximum Gasteiger partial charge on any atom is 0.122 e. The molecule has 0 bridgehead atoms. The van der Waals surface area contributed by atoms with Gasteiger partial charge >= 0.3 is 0 Å². The van der Waals surface area contributed by atoms with E-state index in [1.54, 1.807) is 6.26 Å². The van der Waals surface area contributed by atoms with E-state index in [4.69, 9.17) is 4.42 Å². The second kappa shape index (κ2) is 6.57. The molecule has 1 aliphatic heterocycles. The number of fused-ring (bicyclic) bond motifs is 1. The highest BCUT2D eigenvalue weighted by atomic mass is 32.2. The zero-order valence-electron chi connectivity index (χ0n) is 12.7. The molecule has 0 saturated carbocycles. The molecular formula is C16H22N2OS2. The van der Waals surface area contributed by atoms with Crippen molar-refractivity contribution in [2.45, 2.75) is 34.9 Å². The van der Waals surface area contributed by atoms with Crippen molar-refractivity contribution in [1.82, 2.24) is 10.2 Å². The molecule has 0 fully saturated rings. The van der Waals surface area contributed by atoms with Crippen LogP contribution in [0.1, 0.15) is 36.8 Å². The highest BCUT2D eigenvalue weighted by Gasteiger charge is 2.27. The quantitative estimate of drug-likeness (QED) is 0.895. The lowest BCUT2D eigenvalue weighted by molar-refractivity contribution is 0.242. The Morgan fingerprint density at radius 2 is 2.29 bits per heavy atom. The zero-order chi connectivity index (χ0) is 14.8. The molecule has 5 heteroatoms. The van der Waals surface area contributed by atoms with Crippen molar-refractivity contribution in [1.29, 1.82) is 0 Å². The molecule has 2 aromatic rings. The lowest BCUT2D eigenvalue weighted by Crippen LogP contribution is -2.34. The van der Waals surface area contributed by atoms with E-state index in [9.17, 15) is 0 Å². The van der Waals surface area contributed by atoms with Crippen LogP contribution in [-0.2, 0) is 0 Å². The van der Waals surface area contributed by atoms with Crippen molar-refractivity contribution in [2.24, 2.45) is 0 Å². The molecular weight excluding hydrogens is 300 g/mol. The van der Waals surface area contributed by atoms with Gasteiger partial charge in [-0.15, -0.1) is 23.1 Å². The van der Waals surface area contributed by atoms with E-state index in [2.05, 4.69) is 48.7 Å². The summed E-state index contributed by atoms with van der Waals surface area (Å²) >= 11 is 3.88. The van der Waals surface area contributed by atoms with Crippen LogP contribution in [0.25, 0.3) is 0 Å². The van der Waals surface area contributed by atoms with E-state index in [1.165, 1.54) is 16.2 Å². The summed E-state index contributed by atoms with van der Waals surface area (Å²) in [5.74, 6) is 1.02. The molecule has 114 valence electrons. The number of rotatable bonds is 5. The first kappa shape index (κ1) is 15.2. The number of thiophene rings is 1. The number of likely N-dealkylation sites (N-methyl/N-ethyl adjacent to an activating group) is 1. The smallest absolute Gasteiger partial charge is 0.122 e. The van der Waals surface area contributed by atoms with Crippen LogP contribution in [0, 0.1) is 0 Å². The van der Waals surface area contributed by atoms with E-state index in [1.807, 2.05) is 29.2 Å². The van der Waals surface area contributed by atoms with Crippen molar-refractivity contribution in [2.75, 3.05) is 20.6 Å². The van der Waals surface area contributed by atoms with Crippen molar-refractivity contribution in [3.8, 4) is 0 Å². The Bertz CT molecular complexity index is 565. The van der Waals surface area contributed by atoms with E-state index < -0.39 is 0 Å². The summed E-state index contributed by atoms with van der Waals surface area (Å²) in [4.78, 5) is 2.21. The SMILES string of the molecule is C[C@H]1CC(NCC(c2ccco2)N(C)C)c2ccsc2S1. The lowest BCUT2D eigenvalue weighted by atomic mass is 10.0. The van der Waals surface area contributed by atoms with Crippen LogP contribution in [0.3, 0.4) is 0 Å². The molecule has 1 aliphatic rings. The van der Waals surface area contributed by atoms with Crippen LogP contribution >= 0.6 is 23.1 Å². The third-order valence-corrected chi connectivity index (χ3v) is 6.31. The molecule has 0 spiro atoms. The highest BCUT2D eigenvalue weighted by molar-refractivity contribution is 8.01. The molecule has 3 nitrogen and oxygen atoms in total. The molecule has 0 aliphatic carbocycles. The van der Waals surface area contributed by atoms with E-state index in [-0.39, 0.29) is 6.04 Å². The Balaban J connectivity index is 1.70. The first-order valence-corrected chi connectivity index (χ1v) is 9.08. The Kier molecular flexibility index (Phi) is 4.74. The molecule has 2 unspecified atom stereocenters. The minimum Gasteiger partial charge on any atom is -0.468 e. The first-order valence-electron chi connectivity index (χ1n) is 7.32. The monoisotopic (exact) mass is 322 g/mol. The molecule has 21 heavy (non-hydrogen) atoms. The fraction of sp³-hybridized carbons (Fsp3) is 0.500. The molecule has 0 saturated heterocycles. The van der Waals surface area contributed by atoms with E-state index in [0.29, 0.717) is 11.3 Å². The maximum absolute atomic E-state index is 5.59. The lowest BCUT2D eigenvalue weighted by Gasteiger charge is -2.30. The minimum atomic E-state index is 0.270. The van der Waals surface area contributed by atoms with Gasteiger partial charge in [-0.3, -0.25) is 4.90 Å². The van der Waals surface area contributed by atoms with Gasteiger partial charge in [0.1, 0.15) is 5.76 Å². The van der Waals surface area contributed by atoms with Gasteiger partial charge < -0.3 is 9.73 Å². The highest BCUT2D eigenvalue weighted by Crippen LogP contribution is 2.43. The summed E-state index contributed by atoms with van der Waals surface area (Å²) < 4.78 is 7.07. The number of hydrogen-bond acceptors (Lipinski definition) is 5. The summed E-state index contributed by atoms with van der Waals surface area (Å²) in [5.41, 5.74) is 1.47. The summed E-state index contributed by atoms with van der Waals surface area (Å²) in [6.07, 6.45) is 2.94. The Morgan fingerprint density at radius 1 is 1.43 bits per heavy atom. The van der Waals surface area contributed by atoms with Crippen molar-refractivity contribution < 1.29 is 4.42 Å². The van der Waals surface area contributed by atoms with Crippen molar-refractivity contribution >= 4 is 23.1 Å². The number of furan rings is 1. The predicted octanol–water partition coefficient (Wildman–Crippen LogP) is 4.16. The average Bonchev–Trinajstić information content (AvgIpc) is 3.08. The third kappa shape index (κ3) is 3.37. The Hall–Kier alpha value is -0.750. The topological polar surface area (TPSA) is 28.4 Å². The minimum absolute atomic E-state index is 0.270. The molecule has 2 aromatic heterocycles. The second-order valence-electron chi connectivity index (χ2n) is 5.78. The summed E-state index contributed by atoms with van der Waals surface area (Å²) in [5, 5.41) is 6.64. The summed E-state index contributed by atoms with van der Waals surface area (Å²) in [6.45, 7) is 3.22. The summed E-state index contributed by atoms with van der Waals surface area (Å²) in [7, 11) is 4.20. The number of hydrogen-bond donors (Lipinski definition) is 1. The molecule has 1 N–H and O–H groups in total. The van der Waals surface area contributed by atoms with Gasteiger partial charge in [-0.25, -0.2) is 0 Å². The van der Waals surface area contributed by atoms with Crippen LogP contribution in [0.5, 0.6) is 0 Å². The summed E-state index contributed by atoms with van der Waals surface area (Å²) in [6, 6.07) is 7.02. The van der Waals surface area contributed by atoms with Gasteiger partial charge in [0.25, 0.3) is 0 Å². The van der Waals surface area contributed by atoms with Crippen LogP contribution in [0.15, 0.2) is 38.5 Å². The van der Waals surface area contributed by atoms with Crippen molar-refractivity contribution in [3.63, 3.8) is 0 Å². The van der Waals surface area contributed by atoms with Crippen LogP contribution in [0.4, 0.5) is 0 Å². The second-order valence-corrected chi connectivity index (χ2v) is 8.41. The van der Waals surface area contributed by atoms with Gasteiger partial charge in [-0.1, -0.05) is 6.92 Å². The molecule has 0 amide bonds. The number of thioether (sulfide) groups is 1. The van der Waals surface area contributed by atoms with Gasteiger partial charge in [0.2, 0.25) is 0 Å². The molecule has 0 radical (unpaired) electrons. The zero-order valence-corrected chi connectivity index (χ0v) is 14.3. The first-order chi connectivity index (χ1) is 10.1. The van der Waals surface area contributed by atoms with Crippen molar-refractivity contribution in [3.05, 3.63) is 41.2 Å². The van der Waals surface area contributed by atoms with Crippen LogP contribution < -0.4 is 5.32 Å². The maximum atomic E-state index is 5.59. The standard InChI is InChI=1S/C16H22N2OS2/c1-11-9-13(12-6-8-20-16(12)21-11)17-10-14(18(2)3)15-5-4-7-19-15/h4-8,11,13-14,17H,9-10H2,1-3H3/t11-,13?,14?/m0/s1. The molecule has 3 heterocycles. The Labute approximate surface area is 134 Å². The fourth-order valence-corrected chi connectivity index (χ4v) is 5.38. The Morgan fingerprint density at radius 3 is 3.00 bits per heavy atom. The van der Waals surface area contributed by atoms with E-state index >= 15 is 0 Å². The number of nitrogens with one attached hydrogen (secondary N) is 1. The predicted molar refractivity (Wildman–Crippen MR) is 90.1 cm³/mol. The third-order valence-electron chi connectivity index (χ3n) is 3.96. The van der Waals surface area contributed by atoms with Gasteiger partial charge in [-0.2, -0.15) is 0 Å². The van der Waals surface area contributed by atoms with Crippen LogP contribution in [-0.4, -0.2) is 30.8 Å². The molecule has 0 aromatic carbocycles. The van der Waals surface area contributed by atoms with Crippen LogP contribution in [0.2, 0.25) is 0 Å². The largest absolute Gasteiger partial charge is 0.468 e. The molecule has 3 rings (SSSR count). The molecule has 3 atom stereocenters. The van der Waals surface area contributed by atoms with Gasteiger partial charge in [0.05, 0.1) is 16.5 Å². The average molecular weight is 322 g/mol. The fourth-order valence-electron chi connectivity index (χ4n) is 2.81. The van der Waals surface area contributed by atoms with Gasteiger partial charge in [0.15, 0.2) is 0 Å². The van der Waals surface area contributed by atoms with Gasteiger partial charge in [0, 0.05) is 17.8 Å². The van der Waals surface area contributed by atoms with Gasteiger partial charge in [-0.05, 0) is 49.7 Å². The van der Waals surface area contributed by atoms with E-state index in [0.717, 1.165) is 12.3 Å². The normalized spacial score (nSPS) is 23.2. The number of nitrogens with zero attached hydrogens (tertiary/aromatic N) is 1.